The van der Waals surface area contributed by atoms with Gasteiger partial charge < -0.3 is 20.5 Å². The molecule has 2 aromatic heterocycles. The van der Waals surface area contributed by atoms with Gasteiger partial charge >= 0.3 is 6.18 Å². The van der Waals surface area contributed by atoms with E-state index < -0.39 is 40.4 Å². The summed E-state index contributed by atoms with van der Waals surface area (Å²) in [5.41, 5.74) is 3.53. The SMILES string of the molecule is Cn1c(C2(C(F)(F)F)CC2)nc2c(N3CCC(N)C3)c(NC(=O)c3ccc(=O)n(-c4c(F)cccc4F)n3)ccc21. The number of benzene rings is 2. The molecule has 6 rings (SSSR count). The van der Waals surface area contributed by atoms with E-state index in [0.29, 0.717) is 35.4 Å². The van der Waals surface area contributed by atoms with Crippen LogP contribution in [-0.4, -0.2) is 50.5 Å². The van der Waals surface area contributed by atoms with E-state index in [2.05, 4.69) is 15.4 Å². The second-order valence-electron chi connectivity index (χ2n) is 10.4. The third-order valence-corrected chi connectivity index (χ3v) is 7.72. The fraction of sp³-hybridized carbons (Fsp3) is 0.333. The van der Waals surface area contributed by atoms with Crippen LogP contribution in [0.4, 0.5) is 33.3 Å². The van der Waals surface area contributed by atoms with Crippen LogP contribution in [0.5, 0.6) is 0 Å². The first kappa shape index (κ1) is 26.9. The van der Waals surface area contributed by atoms with E-state index in [-0.39, 0.29) is 41.6 Å². The molecule has 0 bridgehead atoms. The molecule has 1 aliphatic heterocycles. The first-order chi connectivity index (χ1) is 19.4. The van der Waals surface area contributed by atoms with Crippen LogP contribution in [0, 0.1) is 11.6 Å². The number of nitrogens with one attached hydrogen (secondary N) is 1. The summed E-state index contributed by atoms with van der Waals surface area (Å²) in [5, 5.41) is 6.57. The largest absolute Gasteiger partial charge is 0.401 e. The number of fused-ring (bicyclic) bond motifs is 1. The molecule has 1 aliphatic carbocycles. The van der Waals surface area contributed by atoms with Crippen LogP contribution in [0.2, 0.25) is 0 Å². The molecule has 2 aliphatic rings. The molecule has 1 amide bonds. The van der Waals surface area contributed by atoms with Crippen molar-refractivity contribution in [1.29, 1.82) is 0 Å². The van der Waals surface area contributed by atoms with Crippen molar-refractivity contribution in [2.75, 3.05) is 23.3 Å². The lowest BCUT2D eigenvalue weighted by Gasteiger charge is -2.22. The quantitative estimate of drug-likeness (QED) is 0.352. The highest BCUT2D eigenvalue weighted by atomic mass is 19.4. The zero-order chi connectivity index (χ0) is 29.3. The first-order valence-corrected chi connectivity index (χ1v) is 12.8. The van der Waals surface area contributed by atoms with E-state index >= 15 is 0 Å². The number of imidazole rings is 1. The number of para-hydroxylation sites is 1. The maximum absolute atomic E-state index is 14.4. The Morgan fingerprint density at radius 3 is 2.39 bits per heavy atom. The van der Waals surface area contributed by atoms with Crippen LogP contribution < -0.4 is 21.5 Å². The van der Waals surface area contributed by atoms with Gasteiger partial charge in [0.1, 0.15) is 28.1 Å². The number of carbonyl (C=O) groups excluding carboxylic acids is 1. The summed E-state index contributed by atoms with van der Waals surface area (Å²) in [5.74, 6) is -3.01. The molecule has 3 N–H and O–H groups in total. The predicted molar refractivity (Wildman–Crippen MR) is 140 cm³/mol. The molecule has 9 nitrogen and oxygen atoms in total. The Morgan fingerprint density at radius 2 is 1.78 bits per heavy atom. The zero-order valence-electron chi connectivity index (χ0n) is 21.7. The third kappa shape index (κ3) is 4.33. The summed E-state index contributed by atoms with van der Waals surface area (Å²) in [4.78, 5) is 32.0. The van der Waals surface area contributed by atoms with Gasteiger partial charge in [-0.3, -0.25) is 9.59 Å². The Kier molecular flexibility index (Phi) is 6.14. The second-order valence-corrected chi connectivity index (χ2v) is 10.4. The van der Waals surface area contributed by atoms with Crippen molar-refractivity contribution in [3.63, 3.8) is 0 Å². The Bertz CT molecular complexity index is 1740. The summed E-state index contributed by atoms with van der Waals surface area (Å²) in [6, 6.07) is 8.01. The summed E-state index contributed by atoms with van der Waals surface area (Å²) >= 11 is 0. The van der Waals surface area contributed by atoms with Crippen LogP contribution in [0.1, 0.15) is 35.6 Å². The topological polar surface area (TPSA) is 111 Å². The van der Waals surface area contributed by atoms with Crippen molar-refractivity contribution >= 4 is 28.3 Å². The molecule has 0 radical (unpaired) electrons. The first-order valence-electron chi connectivity index (χ1n) is 12.8. The maximum atomic E-state index is 14.4. The zero-order valence-corrected chi connectivity index (χ0v) is 21.7. The van der Waals surface area contributed by atoms with Crippen LogP contribution in [-0.2, 0) is 12.5 Å². The highest BCUT2D eigenvalue weighted by Gasteiger charge is 2.66. The lowest BCUT2D eigenvalue weighted by molar-refractivity contribution is -0.162. The molecule has 2 fully saturated rings. The molecule has 3 heterocycles. The molecule has 14 heteroatoms. The van der Waals surface area contributed by atoms with Gasteiger partial charge in [-0.15, -0.1) is 0 Å². The smallest absolute Gasteiger partial charge is 0.366 e. The number of carbonyl (C=O) groups is 1. The number of halogens is 5. The summed E-state index contributed by atoms with van der Waals surface area (Å²) < 4.78 is 72.6. The second kappa shape index (κ2) is 9.36. The van der Waals surface area contributed by atoms with E-state index in [4.69, 9.17) is 5.73 Å². The number of aryl methyl sites for hydroxylation is 1. The van der Waals surface area contributed by atoms with Gasteiger partial charge in [-0.1, -0.05) is 6.07 Å². The monoisotopic (exact) mass is 573 g/mol. The Hall–Kier alpha value is -4.33. The van der Waals surface area contributed by atoms with Crippen LogP contribution in [0.3, 0.4) is 0 Å². The highest BCUT2D eigenvalue weighted by Crippen LogP contribution is 2.59. The van der Waals surface area contributed by atoms with Crippen molar-refractivity contribution in [1.82, 2.24) is 19.3 Å². The third-order valence-electron chi connectivity index (χ3n) is 7.72. The highest BCUT2D eigenvalue weighted by molar-refractivity contribution is 6.08. The van der Waals surface area contributed by atoms with Crippen molar-refractivity contribution in [3.05, 3.63) is 76.0 Å². The Morgan fingerprint density at radius 1 is 1.07 bits per heavy atom. The van der Waals surface area contributed by atoms with Gasteiger partial charge in [-0.05, 0) is 49.6 Å². The van der Waals surface area contributed by atoms with Crippen molar-refractivity contribution in [3.8, 4) is 5.69 Å². The summed E-state index contributed by atoms with van der Waals surface area (Å²) in [7, 11) is 1.53. The molecule has 1 saturated heterocycles. The van der Waals surface area contributed by atoms with Gasteiger partial charge in [-0.25, -0.2) is 13.8 Å². The van der Waals surface area contributed by atoms with Crippen LogP contribution in [0.15, 0.2) is 47.3 Å². The number of aromatic nitrogens is 4. The number of rotatable bonds is 5. The lowest BCUT2D eigenvalue weighted by Crippen LogP contribution is -2.31. The van der Waals surface area contributed by atoms with Gasteiger partial charge in [0.2, 0.25) is 0 Å². The molecule has 1 unspecified atom stereocenters. The molecule has 2 aromatic carbocycles. The fourth-order valence-electron chi connectivity index (χ4n) is 5.41. The van der Waals surface area contributed by atoms with Gasteiger partial charge in [0, 0.05) is 32.2 Å². The van der Waals surface area contributed by atoms with E-state index in [9.17, 15) is 31.5 Å². The van der Waals surface area contributed by atoms with E-state index in [0.717, 1.165) is 30.3 Å². The van der Waals surface area contributed by atoms with Gasteiger partial charge in [0.05, 0.1) is 16.9 Å². The lowest BCUT2D eigenvalue weighted by atomic mass is 10.1. The summed E-state index contributed by atoms with van der Waals surface area (Å²) in [6.07, 6.45) is -3.98. The Labute approximate surface area is 229 Å². The normalized spacial score (nSPS) is 18.2. The molecular formula is C27H24F5N7O2. The average molecular weight is 574 g/mol. The fourth-order valence-corrected chi connectivity index (χ4v) is 5.41. The van der Waals surface area contributed by atoms with Crippen molar-refractivity contribution < 1.29 is 26.7 Å². The maximum Gasteiger partial charge on any atom is 0.401 e. The van der Waals surface area contributed by atoms with Gasteiger partial charge in [-0.2, -0.15) is 23.0 Å². The number of hydrogen-bond acceptors (Lipinski definition) is 6. The van der Waals surface area contributed by atoms with Crippen LogP contribution in [0.25, 0.3) is 16.7 Å². The van der Waals surface area contributed by atoms with Crippen molar-refractivity contribution in [2.24, 2.45) is 12.8 Å². The minimum Gasteiger partial charge on any atom is -0.366 e. The minimum atomic E-state index is -4.47. The van der Waals surface area contributed by atoms with E-state index in [1.165, 1.54) is 11.6 Å². The minimum absolute atomic E-state index is 0.0643. The molecule has 4 aromatic rings. The van der Waals surface area contributed by atoms with Gasteiger partial charge in [0.15, 0.2) is 11.6 Å². The van der Waals surface area contributed by atoms with Crippen LogP contribution >= 0.6 is 0 Å². The standard InChI is InChI=1S/C27H24F5N7O2/c1-37-19-7-5-17(34-24(41)18-6-8-20(40)39(36-18)22-15(28)3-2-4-16(22)29)23(38-12-9-14(33)13-38)21(19)35-25(37)26(10-11-26)27(30,31)32/h2-8,14H,9-13,33H2,1H3,(H,34,41). The molecular weight excluding hydrogens is 549 g/mol. The molecule has 214 valence electrons. The van der Waals surface area contributed by atoms with Gasteiger partial charge in [0.25, 0.3) is 11.5 Å². The van der Waals surface area contributed by atoms with Crippen molar-refractivity contribution in [2.45, 2.75) is 36.9 Å². The number of nitrogens with zero attached hydrogens (tertiary/aromatic N) is 5. The number of nitrogens with two attached hydrogens (primary N) is 1. The average Bonchev–Trinajstić information content (AvgIpc) is 3.52. The number of anilines is 2. The number of alkyl halides is 3. The number of amides is 1. The molecule has 1 atom stereocenters. The predicted octanol–water partition coefficient (Wildman–Crippen LogP) is 3.78. The van der Waals surface area contributed by atoms with E-state index in [1.807, 2.05) is 4.90 Å². The molecule has 41 heavy (non-hydrogen) atoms. The Balaban J connectivity index is 1.43. The molecule has 0 spiro atoms. The summed E-state index contributed by atoms with van der Waals surface area (Å²) in [6.45, 7) is 0.864. The molecule has 1 saturated carbocycles. The van der Waals surface area contributed by atoms with E-state index in [1.54, 1.807) is 12.1 Å². The number of hydrogen-bond donors (Lipinski definition) is 2.